The molecule has 4 rings (SSSR count). The van der Waals surface area contributed by atoms with E-state index >= 15 is 0 Å². The number of nitrogens with zero attached hydrogens (tertiary/aromatic N) is 2. The summed E-state index contributed by atoms with van der Waals surface area (Å²) in [5.74, 6) is -0.0736. The van der Waals surface area contributed by atoms with Crippen LogP contribution in [0.25, 0.3) is 0 Å². The summed E-state index contributed by atoms with van der Waals surface area (Å²) in [5, 5.41) is 21.6. The molecule has 53 heavy (non-hydrogen) atoms. The number of carbonyl (C=O) groups is 2. The highest BCUT2D eigenvalue weighted by Gasteiger charge is 2.38. The number of phenols is 2. The lowest BCUT2D eigenvalue weighted by molar-refractivity contribution is -0.175. The molecular formula is C43H64N2O8. The van der Waals surface area contributed by atoms with Crippen LogP contribution in [0.3, 0.4) is 0 Å². The minimum atomic E-state index is -1.25. The number of aryl methyl sites for hydroxylation is 2. The van der Waals surface area contributed by atoms with E-state index < -0.39 is 17.7 Å². The van der Waals surface area contributed by atoms with E-state index in [9.17, 15) is 19.8 Å². The van der Waals surface area contributed by atoms with Crippen LogP contribution in [0.15, 0.2) is 34.3 Å². The Morgan fingerprint density at radius 2 is 1.09 bits per heavy atom. The van der Waals surface area contributed by atoms with Crippen LogP contribution < -0.4 is 0 Å². The number of aromatic hydroxyl groups is 2. The number of rotatable bonds is 7. The molecule has 0 aliphatic carbocycles. The molecule has 2 aliphatic heterocycles. The van der Waals surface area contributed by atoms with Crippen molar-refractivity contribution in [1.29, 1.82) is 0 Å². The SMILES string of the molecule is CC1COC(CCc2cc(C(C)(C)C)c(O)c(C(C)(C)C)c2)=N1.COC(=O)C(=O)OC1(C)COC(CCc2cc(C(C)(C)C)c(O)c(C(C)(C)C)c2)=N1. The van der Waals surface area contributed by atoms with Crippen molar-refractivity contribution in [3.8, 4) is 11.5 Å². The first-order valence-corrected chi connectivity index (χ1v) is 18.6. The molecule has 0 saturated heterocycles. The monoisotopic (exact) mass is 736 g/mol. The molecule has 2 N–H and O–H groups in total. The number of ether oxygens (including phenoxy) is 4. The predicted octanol–water partition coefficient (Wildman–Crippen LogP) is 8.52. The zero-order chi connectivity index (χ0) is 40.3. The fourth-order valence-corrected chi connectivity index (χ4v) is 6.19. The van der Waals surface area contributed by atoms with Crippen LogP contribution >= 0.6 is 0 Å². The molecule has 2 aromatic carbocycles. The van der Waals surface area contributed by atoms with E-state index in [4.69, 9.17) is 14.2 Å². The minimum absolute atomic E-state index is 0.0428. The van der Waals surface area contributed by atoms with Gasteiger partial charge in [-0.2, -0.15) is 0 Å². The first-order valence-electron chi connectivity index (χ1n) is 18.6. The Bertz CT molecular complexity index is 1640. The third kappa shape index (κ3) is 11.7. The fourth-order valence-electron chi connectivity index (χ4n) is 6.19. The van der Waals surface area contributed by atoms with Gasteiger partial charge in [0, 0.05) is 19.8 Å². The normalized spacial score (nSPS) is 19.0. The van der Waals surface area contributed by atoms with Gasteiger partial charge >= 0.3 is 11.9 Å². The number of aliphatic imine (C=N–C) groups is 2. The molecule has 10 nitrogen and oxygen atoms in total. The molecule has 2 aliphatic rings. The Morgan fingerprint density at radius 3 is 1.43 bits per heavy atom. The summed E-state index contributed by atoms with van der Waals surface area (Å²) in [5.41, 5.74) is 4.30. The Labute approximate surface area is 317 Å². The van der Waals surface area contributed by atoms with E-state index in [0.29, 0.717) is 36.8 Å². The number of phenolic OH excluding ortho intramolecular Hbond substituents is 2. The van der Waals surface area contributed by atoms with Crippen LogP contribution in [0.5, 0.6) is 11.5 Å². The summed E-state index contributed by atoms with van der Waals surface area (Å²) in [6.07, 6.45) is 2.86. The second-order valence-corrected chi connectivity index (χ2v) is 18.6. The summed E-state index contributed by atoms with van der Waals surface area (Å²) in [7, 11) is 1.11. The van der Waals surface area contributed by atoms with Crippen LogP contribution in [0.2, 0.25) is 0 Å². The maximum Gasteiger partial charge on any atom is 0.419 e. The van der Waals surface area contributed by atoms with E-state index in [1.165, 1.54) is 5.56 Å². The van der Waals surface area contributed by atoms with Crippen LogP contribution in [0.1, 0.15) is 143 Å². The molecule has 0 aromatic heterocycles. The largest absolute Gasteiger partial charge is 0.507 e. The van der Waals surface area contributed by atoms with Crippen molar-refractivity contribution < 1.29 is 38.7 Å². The Kier molecular flexibility index (Phi) is 13.2. The molecular weight excluding hydrogens is 672 g/mol. The number of benzene rings is 2. The van der Waals surface area contributed by atoms with Gasteiger partial charge in [0.15, 0.2) is 18.4 Å². The lowest BCUT2D eigenvalue weighted by Crippen LogP contribution is -2.34. The van der Waals surface area contributed by atoms with Gasteiger partial charge in [-0.1, -0.05) is 107 Å². The van der Waals surface area contributed by atoms with Crippen LogP contribution in [0.4, 0.5) is 0 Å². The van der Waals surface area contributed by atoms with E-state index in [-0.39, 0.29) is 34.3 Å². The van der Waals surface area contributed by atoms with Gasteiger partial charge in [-0.05, 0) is 74.8 Å². The van der Waals surface area contributed by atoms with E-state index in [0.717, 1.165) is 53.7 Å². The molecule has 2 unspecified atom stereocenters. The number of hydrogen-bond acceptors (Lipinski definition) is 10. The first kappa shape index (κ1) is 43.3. The van der Waals surface area contributed by atoms with Crippen molar-refractivity contribution in [2.24, 2.45) is 9.98 Å². The zero-order valence-electron chi connectivity index (χ0n) is 34.9. The van der Waals surface area contributed by atoms with Gasteiger partial charge in [0.2, 0.25) is 5.72 Å². The highest BCUT2D eigenvalue weighted by atomic mass is 16.6. The van der Waals surface area contributed by atoms with Crippen molar-refractivity contribution in [3.05, 3.63) is 57.6 Å². The maximum absolute atomic E-state index is 11.7. The topological polar surface area (TPSA) is 136 Å². The molecule has 0 fully saturated rings. The molecule has 0 amide bonds. The van der Waals surface area contributed by atoms with Gasteiger partial charge in [0.25, 0.3) is 0 Å². The van der Waals surface area contributed by atoms with Gasteiger partial charge in [-0.3, -0.25) is 0 Å². The quantitative estimate of drug-likeness (QED) is 0.213. The molecule has 0 spiro atoms. The fraction of sp³-hybridized carbons (Fsp3) is 0.628. The van der Waals surface area contributed by atoms with Crippen molar-refractivity contribution in [2.45, 2.75) is 156 Å². The van der Waals surface area contributed by atoms with Crippen LogP contribution in [0, 0.1) is 0 Å². The predicted molar refractivity (Wildman–Crippen MR) is 210 cm³/mol. The van der Waals surface area contributed by atoms with Crippen molar-refractivity contribution in [2.75, 3.05) is 20.3 Å². The molecule has 0 saturated carbocycles. The summed E-state index contributed by atoms with van der Waals surface area (Å²) < 4.78 is 20.7. The van der Waals surface area contributed by atoms with Crippen molar-refractivity contribution >= 4 is 23.7 Å². The van der Waals surface area contributed by atoms with Gasteiger partial charge in [0.1, 0.15) is 18.1 Å². The zero-order valence-corrected chi connectivity index (χ0v) is 34.9. The summed E-state index contributed by atoms with van der Waals surface area (Å²) in [6.45, 7) is 29.7. The minimum Gasteiger partial charge on any atom is -0.507 e. The molecule has 294 valence electrons. The Hall–Kier alpha value is -4.08. The summed E-state index contributed by atoms with van der Waals surface area (Å²) in [4.78, 5) is 31.8. The molecule has 2 heterocycles. The summed E-state index contributed by atoms with van der Waals surface area (Å²) >= 11 is 0. The molecule has 2 atom stereocenters. The van der Waals surface area contributed by atoms with Crippen LogP contribution in [-0.2, 0) is 63.0 Å². The lowest BCUT2D eigenvalue weighted by atomic mass is 9.78. The van der Waals surface area contributed by atoms with E-state index in [1.54, 1.807) is 6.92 Å². The molecule has 0 bridgehead atoms. The summed E-state index contributed by atoms with van der Waals surface area (Å²) in [6, 6.07) is 8.61. The molecule has 10 heteroatoms. The third-order valence-corrected chi connectivity index (χ3v) is 9.21. The van der Waals surface area contributed by atoms with E-state index in [2.05, 4.69) is 117 Å². The first-order chi connectivity index (χ1) is 24.1. The highest BCUT2D eigenvalue weighted by Crippen LogP contribution is 2.41. The number of carbonyl (C=O) groups excluding carboxylic acids is 2. The maximum atomic E-state index is 11.7. The smallest absolute Gasteiger partial charge is 0.419 e. The average Bonchev–Trinajstić information content (AvgIpc) is 3.61. The average molecular weight is 737 g/mol. The van der Waals surface area contributed by atoms with E-state index in [1.807, 2.05) is 12.1 Å². The Morgan fingerprint density at radius 1 is 0.698 bits per heavy atom. The standard InChI is InChI=1S/C23H33NO6.C20H31NO2/c1-21(2,3)15-11-14(12-16(18(15)25)22(4,5)6)9-10-17-24-23(7,13-29-17)30-20(27)19(26)28-8;1-13-12-23-17(21-13)9-8-14-10-15(19(2,3)4)18(22)16(11-14)20(5,6)7/h11-12,25H,9-10,13H2,1-8H3;10-11,13,22H,8-9,12H2,1-7H3. The third-order valence-electron chi connectivity index (χ3n) is 9.21. The van der Waals surface area contributed by atoms with Gasteiger partial charge < -0.3 is 29.2 Å². The molecule has 0 radical (unpaired) electrons. The van der Waals surface area contributed by atoms with Gasteiger partial charge in [-0.15, -0.1) is 0 Å². The Balaban J connectivity index is 0.000000295. The number of esters is 2. The molecule has 2 aromatic rings. The lowest BCUT2D eigenvalue weighted by Gasteiger charge is -2.28. The van der Waals surface area contributed by atoms with Crippen molar-refractivity contribution in [1.82, 2.24) is 0 Å². The number of methoxy groups -OCH3 is 1. The van der Waals surface area contributed by atoms with Gasteiger partial charge in [-0.25, -0.2) is 19.6 Å². The number of hydrogen-bond donors (Lipinski definition) is 2. The second-order valence-electron chi connectivity index (χ2n) is 18.6. The second kappa shape index (κ2) is 16.1. The van der Waals surface area contributed by atoms with Gasteiger partial charge in [0.05, 0.1) is 13.2 Å². The van der Waals surface area contributed by atoms with Crippen LogP contribution in [-0.4, -0.2) is 66.0 Å². The highest BCUT2D eigenvalue weighted by molar-refractivity contribution is 6.29. The van der Waals surface area contributed by atoms with Crippen molar-refractivity contribution in [3.63, 3.8) is 0 Å².